The average molecular weight is 399 g/mol. The van der Waals surface area contributed by atoms with E-state index in [2.05, 4.69) is 15.2 Å². The molecule has 1 saturated carbocycles. The van der Waals surface area contributed by atoms with Gasteiger partial charge in [0.2, 0.25) is 6.41 Å². The van der Waals surface area contributed by atoms with Crippen LogP contribution in [0.1, 0.15) is 32.1 Å². The van der Waals surface area contributed by atoms with Crippen molar-refractivity contribution in [2.24, 2.45) is 0 Å². The van der Waals surface area contributed by atoms with Crippen molar-refractivity contribution in [3.8, 4) is 0 Å². The number of carboxylic acid groups (broad SMARTS) is 1. The van der Waals surface area contributed by atoms with Crippen molar-refractivity contribution in [3.05, 3.63) is 24.5 Å². The first-order valence-corrected chi connectivity index (χ1v) is 9.18. The first-order chi connectivity index (χ1) is 12.7. The van der Waals surface area contributed by atoms with Crippen molar-refractivity contribution in [1.29, 1.82) is 0 Å². The van der Waals surface area contributed by atoms with Crippen molar-refractivity contribution in [2.45, 2.75) is 44.1 Å². The third-order valence-corrected chi connectivity index (χ3v) is 5.19. The van der Waals surface area contributed by atoms with Crippen molar-refractivity contribution in [1.82, 2.24) is 15.2 Å². The molecule has 0 radical (unpaired) electrons. The summed E-state index contributed by atoms with van der Waals surface area (Å²) in [7, 11) is 0. The van der Waals surface area contributed by atoms with Crippen LogP contribution in [0.2, 0.25) is 0 Å². The topological polar surface area (TPSA) is 95.0 Å². The van der Waals surface area contributed by atoms with E-state index in [1.54, 1.807) is 17.3 Å². The van der Waals surface area contributed by atoms with Crippen LogP contribution in [0.3, 0.4) is 0 Å². The fraction of sp³-hybridized carbons (Fsp3) is 0.611. The zero-order valence-corrected chi connectivity index (χ0v) is 16.1. The maximum atomic E-state index is 12.1. The van der Waals surface area contributed by atoms with Gasteiger partial charge in [-0.15, -0.1) is 12.4 Å². The molecule has 3 rings (SSSR count). The summed E-state index contributed by atoms with van der Waals surface area (Å²) in [5.41, 5.74) is 1.05. The smallest absolute Gasteiger partial charge is 0.374 e. The van der Waals surface area contributed by atoms with Crippen molar-refractivity contribution < 1.29 is 19.4 Å². The van der Waals surface area contributed by atoms with Gasteiger partial charge in [-0.3, -0.25) is 9.78 Å². The Kier molecular flexibility index (Phi) is 7.82. The Morgan fingerprint density at radius 2 is 1.81 bits per heavy atom. The zero-order chi connectivity index (χ0) is 18.4. The minimum atomic E-state index is -1.80. The van der Waals surface area contributed by atoms with Crippen LogP contribution in [0.5, 0.6) is 0 Å². The van der Waals surface area contributed by atoms with Gasteiger partial charge in [-0.05, 0) is 25.0 Å². The van der Waals surface area contributed by atoms with E-state index >= 15 is 0 Å². The van der Waals surface area contributed by atoms with Gasteiger partial charge in [-0.1, -0.05) is 19.3 Å². The summed E-state index contributed by atoms with van der Waals surface area (Å²) in [5, 5.41) is 12.4. The lowest BCUT2D eigenvalue weighted by molar-refractivity contribution is -0.226. The van der Waals surface area contributed by atoms with Crippen LogP contribution < -0.4 is 10.2 Å². The number of carbonyl (C=O) groups is 2. The summed E-state index contributed by atoms with van der Waals surface area (Å²) in [4.78, 5) is 31.2. The number of hydrogen-bond acceptors (Lipinski definition) is 6. The molecule has 8 nitrogen and oxygen atoms in total. The number of aromatic nitrogens is 1. The number of hydrogen-bond donors (Lipinski definition) is 2. The molecular weight excluding hydrogens is 372 g/mol. The predicted molar refractivity (Wildman–Crippen MR) is 103 cm³/mol. The molecule has 0 bridgehead atoms. The number of nitrogens with zero attached hydrogens (tertiary/aromatic N) is 3. The van der Waals surface area contributed by atoms with E-state index < -0.39 is 11.8 Å². The number of rotatable bonds is 7. The van der Waals surface area contributed by atoms with Crippen molar-refractivity contribution in [2.75, 3.05) is 31.1 Å². The SMILES string of the molecule is Cl.O=CNC(OC1CCCCC1)(C(=O)O)N1CCN(c2ccncc2)CC1. The molecule has 1 aromatic rings. The molecule has 2 aliphatic rings. The predicted octanol–water partition coefficient (Wildman–Crippen LogP) is 1.46. The van der Waals surface area contributed by atoms with Gasteiger partial charge in [0.25, 0.3) is 0 Å². The van der Waals surface area contributed by atoms with E-state index in [4.69, 9.17) is 4.74 Å². The first kappa shape index (κ1) is 21.4. The maximum absolute atomic E-state index is 12.1. The number of carboxylic acids is 1. The highest BCUT2D eigenvalue weighted by Gasteiger charge is 2.48. The second kappa shape index (κ2) is 9.87. The van der Waals surface area contributed by atoms with Crippen LogP contribution in [-0.4, -0.2) is 65.5 Å². The van der Waals surface area contributed by atoms with Crippen LogP contribution in [0.4, 0.5) is 5.69 Å². The van der Waals surface area contributed by atoms with Gasteiger partial charge in [-0.25, -0.2) is 9.69 Å². The highest BCUT2D eigenvalue weighted by Crippen LogP contribution is 2.28. The van der Waals surface area contributed by atoms with Crippen LogP contribution >= 0.6 is 12.4 Å². The molecule has 1 aromatic heterocycles. The van der Waals surface area contributed by atoms with E-state index in [-0.39, 0.29) is 18.5 Å². The quantitative estimate of drug-likeness (QED) is 0.530. The zero-order valence-electron chi connectivity index (χ0n) is 15.2. The minimum Gasteiger partial charge on any atom is -0.477 e. The Bertz CT molecular complexity index is 607. The molecule has 1 aliphatic carbocycles. The fourth-order valence-electron chi connectivity index (χ4n) is 3.79. The van der Waals surface area contributed by atoms with Crippen LogP contribution in [0.15, 0.2) is 24.5 Å². The highest BCUT2D eigenvalue weighted by atomic mass is 35.5. The molecule has 1 atom stereocenters. The molecule has 1 unspecified atom stereocenters. The summed E-state index contributed by atoms with van der Waals surface area (Å²) < 4.78 is 6.02. The standard InChI is InChI=1S/C18H26N4O4.ClH/c23-14-20-18(17(24)25,26-16-4-2-1-3-5-16)22-12-10-21(11-13-22)15-6-8-19-9-7-15;/h6-9,14,16H,1-5,10-13H2,(H,20,23)(H,24,25);1H. The molecule has 0 spiro atoms. The number of pyridine rings is 1. The van der Waals surface area contributed by atoms with Gasteiger partial charge in [0.1, 0.15) is 0 Å². The number of halogens is 1. The molecule has 9 heteroatoms. The van der Waals surface area contributed by atoms with E-state index in [0.717, 1.165) is 37.8 Å². The molecule has 2 fully saturated rings. The number of carbonyl (C=O) groups excluding carboxylic acids is 1. The fourth-order valence-corrected chi connectivity index (χ4v) is 3.79. The van der Waals surface area contributed by atoms with Gasteiger partial charge in [0.05, 0.1) is 6.10 Å². The van der Waals surface area contributed by atoms with E-state index in [1.807, 2.05) is 12.1 Å². The Balaban J connectivity index is 0.00000261. The molecule has 2 N–H and O–H groups in total. The molecule has 27 heavy (non-hydrogen) atoms. The number of amides is 1. The molecule has 1 aliphatic heterocycles. The maximum Gasteiger partial charge on any atom is 0.374 e. The lowest BCUT2D eigenvalue weighted by atomic mass is 9.97. The van der Waals surface area contributed by atoms with Crippen LogP contribution in [0.25, 0.3) is 0 Å². The highest BCUT2D eigenvalue weighted by molar-refractivity contribution is 5.85. The number of aliphatic carboxylic acids is 1. The average Bonchev–Trinajstić information content (AvgIpc) is 2.69. The number of nitrogens with one attached hydrogen (secondary N) is 1. The van der Waals surface area contributed by atoms with Crippen molar-refractivity contribution in [3.63, 3.8) is 0 Å². The summed E-state index contributed by atoms with van der Waals surface area (Å²) in [5.74, 6) is -2.97. The van der Waals surface area contributed by atoms with Gasteiger partial charge >= 0.3 is 11.8 Å². The monoisotopic (exact) mass is 398 g/mol. The summed E-state index contributed by atoms with van der Waals surface area (Å²) in [6.07, 6.45) is 8.60. The molecule has 0 aromatic carbocycles. The molecular formula is C18H27ClN4O4. The summed E-state index contributed by atoms with van der Waals surface area (Å²) in [6, 6.07) is 3.87. The Labute approximate surface area is 165 Å². The second-order valence-corrected chi connectivity index (χ2v) is 6.77. The van der Waals surface area contributed by atoms with Gasteiger partial charge in [0, 0.05) is 44.3 Å². The molecule has 150 valence electrons. The van der Waals surface area contributed by atoms with E-state index in [1.165, 1.54) is 0 Å². The van der Waals surface area contributed by atoms with E-state index in [9.17, 15) is 14.7 Å². The third-order valence-electron chi connectivity index (χ3n) is 5.19. The van der Waals surface area contributed by atoms with E-state index in [0.29, 0.717) is 32.6 Å². The first-order valence-electron chi connectivity index (χ1n) is 9.18. The largest absolute Gasteiger partial charge is 0.477 e. The molecule has 1 amide bonds. The van der Waals surface area contributed by atoms with Gasteiger partial charge in [-0.2, -0.15) is 0 Å². The minimum absolute atomic E-state index is 0. The Hall–Kier alpha value is -1.90. The Morgan fingerprint density at radius 3 is 2.37 bits per heavy atom. The normalized spacial score (nSPS) is 21.0. The number of anilines is 1. The summed E-state index contributed by atoms with van der Waals surface area (Å²) in [6.45, 7) is 2.24. The van der Waals surface area contributed by atoms with Crippen LogP contribution in [0, 0.1) is 0 Å². The number of piperazine rings is 1. The third kappa shape index (κ3) is 4.88. The van der Waals surface area contributed by atoms with Gasteiger partial charge in [0.15, 0.2) is 0 Å². The second-order valence-electron chi connectivity index (χ2n) is 6.77. The van der Waals surface area contributed by atoms with Crippen LogP contribution in [-0.2, 0) is 14.3 Å². The molecule has 1 saturated heterocycles. The molecule has 2 heterocycles. The van der Waals surface area contributed by atoms with Crippen molar-refractivity contribution >= 4 is 30.5 Å². The number of ether oxygens (including phenoxy) is 1. The lowest BCUT2D eigenvalue weighted by Gasteiger charge is -2.46. The van der Waals surface area contributed by atoms with Gasteiger partial charge < -0.3 is 20.1 Å². The summed E-state index contributed by atoms with van der Waals surface area (Å²) >= 11 is 0. The lowest BCUT2D eigenvalue weighted by Crippen LogP contribution is -2.70. The Morgan fingerprint density at radius 1 is 1.19 bits per heavy atom.